The van der Waals surface area contributed by atoms with Crippen LogP contribution in [0.2, 0.25) is 0 Å². The summed E-state index contributed by atoms with van der Waals surface area (Å²) in [4.78, 5) is 12.2. The van der Waals surface area contributed by atoms with Crippen LogP contribution in [0.5, 0.6) is 11.5 Å². The molecule has 5 nitrogen and oxygen atoms in total. The van der Waals surface area contributed by atoms with Crippen molar-refractivity contribution in [2.45, 2.75) is 32.7 Å². The third kappa shape index (κ3) is 4.63. The van der Waals surface area contributed by atoms with E-state index >= 15 is 0 Å². The van der Waals surface area contributed by atoms with Crippen LogP contribution in [0.15, 0.2) is 18.2 Å². The summed E-state index contributed by atoms with van der Waals surface area (Å²) in [6, 6.07) is 5.06. The highest BCUT2D eigenvalue weighted by atomic mass is 16.5. The molecular weight excluding hydrogens is 268 g/mol. The Morgan fingerprint density at radius 1 is 1.19 bits per heavy atom. The number of rotatable bonds is 8. The molecule has 0 saturated heterocycles. The predicted octanol–water partition coefficient (Wildman–Crippen LogP) is 2.20. The Labute approximate surface area is 126 Å². The van der Waals surface area contributed by atoms with Gasteiger partial charge in [-0.3, -0.25) is 4.79 Å². The van der Waals surface area contributed by atoms with Crippen molar-refractivity contribution in [2.75, 3.05) is 20.8 Å². The smallest absolute Gasteiger partial charge is 0.251 e. The third-order valence-electron chi connectivity index (χ3n) is 3.80. The molecule has 0 heterocycles. The zero-order valence-electron chi connectivity index (χ0n) is 13.3. The Bertz CT molecular complexity index is 459. The first-order chi connectivity index (χ1) is 10.1. The quantitative estimate of drug-likeness (QED) is 0.771. The lowest BCUT2D eigenvalue weighted by molar-refractivity contribution is 0.0947. The van der Waals surface area contributed by atoms with E-state index in [1.165, 1.54) is 0 Å². The number of benzene rings is 1. The number of methoxy groups -OCH3 is 2. The summed E-state index contributed by atoms with van der Waals surface area (Å²) in [7, 11) is 3.11. The summed E-state index contributed by atoms with van der Waals surface area (Å²) in [5.41, 5.74) is 6.64. The van der Waals surface area contributed by atoms with Crippen LogP contribution in [-0.2, 0) is 0 Å². The largest absolute Gasteiger partial charge is 0.493 e. The Kier molecular flexibility index (Phi) is 7.02. The molecule has 1 unspecified atom stereocenters. The van der Waals surface area contributed by atoms with Gasteiger partial charge in [0.1, 0.15) is 0 Å². The second-order valence-electron chi connectivity index (χ2n) is 5.02. The standard InChI is InChI=1S/C16H26N2O3/c1-5-11(6-2)13(17)10-18-16(19)12-7-8-14(20-3)15(9-12)21-4/h7-9,11,13H,5-6,10,17H2,1-4H3,(H,18,19). The van der Waals surface area contributed by atoms with Crippen LogP contribution in [0.1, 0.15) is 37.0 Å². The summed E-state index contributed by atoms with van der Waals surface area (Å²) >= 11 is 0. The van der Waals surface area contributed by atoms with E-state index in [2.05, 4.69) is 19.2 Å². The van der Waals surface area contributed by atoms with E-state index in [-0.39, 0.29) is 11.9 Å². The highest BCUT2D eigenvalue weighted by Crippen LogP contribution is 2.27. The Morgan fingerprint density at radius 2 is 1.81 bits per heavy atom. The van der Waals surface area contributed by atoms with Gasteiger partial charge in [0.25, 0.3) is 5.91 Å². The van der Waals surface area contributed by atoms with Crippen LogP contribution in [0, 0.1) is 5.92 Å². The van der Waals surface area contributed by atoms with Gasteiger partial charge in [0, 0.05) is 18.2 Å². The van der Waals surface area contributed by atoms with Crippen molar-refractivity contribution in [1.82, 2.24) is 5.32 Å². The molecule has 1 amide bonds. The summed E-state index contributed by atoms with van der Waals surface area (Å²) < 4.78 is 10.3. The molecule has 1 aromatic carbocycles. The minimum absolute atomic E-state index is 0.0240. The van der Waals surface area contributed by atoms with Gasteiger partial charge in [0.2, 0.25) is 0 Å². The number of hydrogen-bond acceptors (Lipinski definition) is 4. The van der Waals surface area contributed by atoms with Crippen LogP contribution in [-0.4, -0.2) is 32.7 Å². The first-order valence-electron chi connectivity index (χ1n) is 7.33. The Balaban J connectivity index is 2.68. The van der Waals surface area contributed by atoms with Gasteiger partial charge in [0.05, 0.1) is 14.2 Å². The second-order valence-corrected chi connectivity index (χ2v) is 5.02. The van der Waals surface area contributed by atoms with E-state index in [4.69, 9.17) is 15.2 Å². The highest BCUT2D eigenvalue weighted by Gasteiger charge is 2.16. The van der Waals surface area contributed by atoms with Gasteiger partial charge in [-0.15, -0.1) is 0 Å². The topological polar surface area (TPSA) is 73.6 Å². The van der Waals surface area contributed by atoms with Crippen LogP contribution < -0.4 is 20.5 Å². The molecule has 1 aromatic rings. The van der Waals surface area contributed by atoms with Crippen molar-refractivity contribution in [3.63, 3.8) is 0 Å². The molecule has 0 bridgehead atoms. The van der Waals surface area contributed by atoms with Crippen molar-refractivity contribution in [1.29, 1.82) is 0 Å². The average molecular weight is 294 g/mol. The minimum atomic E-state index is -0.155. The lowest BCUT2D eigenvalue weighted by Gasteiger charge is -2.21. The van der Waals surface area contributed by atoms with E-state index in [9.17, 15) is 4.79 Å². The molecule has 0 aliphatic heterocycles. The third-order valence-corrected chi connectivity index (χ3v) is 3.80. The second kappa shape index (κ2) is 8.52. The number of nitrogens with one attached hydrogen (secondary N) is 1. The number of hydrogen-bond donors (Lipinski definition) is 2. The molecule has 0 fully saturated rings. The molecule has 5 heteroatoms. The van der Waals surface area contributed by atoms with Gasteiger partial charge in [-0.1, -0.05) is 26.7 Å². The van der Waals surface area contributed by atoms with Gasteiger partial charge in [0.15, 0.2) is 11.5 Å². The van der Waals surface area contributed by atoms with Crippen LogP contribution >= 0.6 is 0 Å². The van der Waals surface area contributed by atoms with Gasteiger partial charge in [-0.2, -0.15) is 0 Å². The van der Waals surface area contributed by atoms with Crippen molar-refractivity contribution >= 4 is 5.91 Å². The molecule has 1 atom stereocenters. The Morgan fingerprint density at radius 3 is 2.33 bits per heavy atom. The summed E-state index contributed by atoms with van der Waals surface area (Å²) in [5, 5.41) is 2.88. The van der Waals surface area contributed by atoms with Crippen LogP contribution in [0.25, 0.3) is 0 Å². The zero-order valence-corrected chi connectivity index (χ0v) is 13.3. The molecule has 0 saturated carbocycles. The van der Waals surface area contributed by atoms with Gasteiger partial charge in [-0.05, 0) is 24.1 Å². The summed E-state index contributed by atoms with van der Waals surface area (Å²) in [6.45, 7) is 4.70. The molecule has 1 rings (SSSR count). The van der Waals surface area contributed by atoms with Crippen molar-refractivity contribution < 1.29 is 14.3 Å². The van der Waals surface area contributed by atoms with Crippen molar-refractivity contribution in [3.8, 4) is 11.5 Å². The fraction of sp³-hybridized carbons (Fsp3) is 0.562. The average Bonchev–Trinajstić information content (AvgIpc) is 2.52. The lowest BCUT2D eigenvalue weighted by Crippen LogP contribution is -2.41. The highest BCUT2D eigenvalue weighted by molar-refractivity contribution is 5.94. The van der Waals surface area contributed by atoms with E-state index in [0.717, 1.165) is 12.8 Å². The van der Waals surface area contributed by atoms with Crippen molar-refractivity contribution in [2.24, 2.45) is 11.7 Å². The summed E-state index contributed by atoms with van der Waals surface area (Å²) in [6.07, 6.45) is 2.04. The number of nitrogens with two attached hydrogens (primary N) is 1. The maximum absolute atomic E-state index is 12.2. The molecule has 0 spiro atoms. The molecule has 0 aromatic heterocycles. The van der Waals surface area contributed by atoms with Gasteiger partial charge < -0.3 is 20.5 Å². The van der Waals surface area contributed by atoms with Gasteiger partial charge in [-0.25, -0.2) is 0 Å². The lowest BCUT2D eigenvalue weighted by atomic mass is 9.95. The normalized spacial score (nSPS) is 12.1. The molecular formula is C16H26N2O3. The zero-order chi connectivity index (χ0) is 15.8. The molecule has 3 N–H and O–H groups in total. The molecule has 118 valence electrons. The first-order valence-corrected chi connectivity index (χ1v) is 7.33. The maximum Gasteiger partial charge on any atom is 0.251 e. The van der Waals surface area contributed by atoms with E-state index in [0.29, 0.717) is 29.5 Å². The fourth-order valence-corrected chi connectivity index (χ4v) is 2.35. The number of carbonyl (C=O) groups is 1. The number of ether oxygens (including phenoxy) is 2. The number of carbonyl (C=O) groups excluding carboxylic acids is 1. The van der Waals surface area contributed by atoms with E-state index in [1.54, 1.807) is 32.4 Å². The van der Waals surface area contributed by atoms with Crippen LogP contribution in [0.3, 0.4) is 0 Å². The van der Waals surface area contributed by atoms with Gasteiger partial charge >= 0.3 is 0 Å². The number of amides is 1. The summed E-state index contributed by atoms with van der Waals surface area (Å²) in [5.74, 6) is 1.41. The maximum atomic E-state index is 12.2. The van der Waals surface area contributed by atoms with Crippen molar-refractivity contribution in [3.05, 3.63) is 23.8 Å². The predicted molar refractivity (Wildman–Crippen MR) is 83.9 cm³/mol. The monoisotopic (exact) mass is 294 g/mol. The van der Waals surface area contributed by atoms with E-state index in [1.807, 2.05) is 0 Å². The Hall–Kier alpha value is -1.75. The SMILES string of the molecule is CCC(CC)C(N)CNC(=O)c1ccc(OC)c(OC)c1. The molecule has 0 aliphatic rings. The van der Waals surface area contributed by atoms with E-state index < -0.39 is 0 Å². The molecule has 21 heavy (non-hydrogen) atoms. The first kappa shape index (κ1) is 17.3. The molecule has 0 aliphatic carbocycles. The van der Waals surface area contributed by atoms with Crippen LogP contribution in [0.4, 0.5) is 0 Å². The molecule has 0 radical (unpaired) electrons. The minimum Gasteiger partial charge on any atom is -0.493 e. The fourth-order valence-electron chi connectivity index (χ4n) is 2.35.